The average Bonchev–Trinajstić information content (AvgIpc) is 2.65. The summed E-state index contributed by atoms with van der Waals surface area (Å²) in [6.07, 6.45) is 1.26. The second kappa shape index (κ2) is 3.89. The summed E-state index contributed by atoms with van der Waals surface area (Å²) >= 11 is 0. The summed E-state index contributed by atoms with van der Waals surface area (Å²) in [4.78, 5) is 6.74. The van der Waals surface area contributed by atoms with Crippen molar-refractivity contribution in [3.05, 3.63) is 11.8 Å². The van der Waals surface area contributed by atoms with E-state index in [1.54, 1.807) is 7.11 Å². The standard InChI is InChI=1S/C11H14N4O2/c1-16-11-9-8(17-14-10(9)12)5-7(13-11)6-15-3-2-4-15/h5H,2-4,6H2,1H3,(H2,12,14). The number of nitrogen functional groups attached to an aromatic ring is 1. The van der Waals surface area contributed by atoms with Crippen LogP contribution in [0.5, 0.6) is 5.88 Å². The van der Waals surface area contributed by atoms with Crippen LogP contribution in [0, 0.1) is 0 Å². The lowest BCUT2D eigenvalue weighted by Crippen LogP contribution is -2.36. The van der Waals surface area contributed by atoms with E-state index in [2.05, 4.69) is 15.0 Å². The first-order chi connectivity index (χ1) is 8.28. The highest BCUT2D eigenvalue weighted by Crippen LogP contribution is 2.29. The molecule has 90 valence electrons. The summed E-state index contributed by atoms with van der Waals surface area (Å²) in [6.45, 7) is 3.06. The van der Waals surface area contributed by atoms with Gasteiger partial charge in [0.1, 0.15) is 5.39 Å². The van der Waals surface area contributed by atoms with E-state index in [1.807, 2.05) is 6.07 Å². The maximum Gasteiger partial charge on any atom is 0.228 e. The second-order valence-corrected chi connectivity index (χ2v) is 4.19. The lowest BCUT2D eigenvalue weighted by molar-refractivity contribution is 0.170. The van der Waals surface area contributed by atoms with Gasteiger partial charge in [-0.3, -0.25) is 4.90 Å². The van der Waals surface area contributed by atoms with Gasteiger partial charge < -0.3 is 15.0 Å². The molecule has 0 spiro atoms. The fraction of sp³-hybridized carbons (Fsp3) is 0.455. The van der Waals surface area contributed by atoms with Crippen molar-refractivity contribution in [1.82, 2.24) is 15.0 Å². The van der Waals surface area contributed by atoms with Gasteiger partial charge in [0.05, 0.1) is 12.8 Å². The number of rotatable bonds is 3. The van der Waals surface area contributed by atoms with Crippen molar-refractivity contribution < 1.29 is 9.26 Å². The number of likely N-dealkylation sites (tertiary alicyclic amines) is 1. The van der Waals surface area contributed by atoms with Gasteiger partial charge in [0, 0.05) is 12.6 Å². The Kier molecular flexibility index (Phi) is 2.36. The van der Waals surface area contributed by atoms with E-state index < -0.39 is 0 Å². The maximum atomic E-state index is 5.71. The number of hydrogen-bond acceptors (Lipinski definition) is 6. The van der Waals surface area contributed by atoms with Gasteiger partial charge in [0.15, 0.2) is 11.4 Å². The first-order valence-corrected chi connectivity index (χ1v) is 5.59. The molecule has 1 aliphatic rings. The summed E-state index contributed by atoms with van der Waals surface area (Å²) in [6, 6.07) is 1.87. The van der Waals surface area contributed by atoms with Crippen LogP contribution in [0.25, 0.3) is 11.0 Å². The third-order valence-corrected chi connectivity index (χ3v) is 3.03. The number of ether oxygens (including phenoxy) is 1. The van der Waals surface area contributed by atoms with Crippen molar-refractivity contribution >= 4 is 16.8 Å². The van der Waals surface area contributed by atoms with E-state index in [9.17, 15) is 0 Å². The Balaban J connectivity index is 2.02. The first-order valence-electron chi connectivity index (χ1n) is 5.59. The molecule has 0 saturated carbocycles. The van der Waals surface area contributed by atoms with Crippen LogP contribution in [0.4, 0.5) is 5.82 Å². The highest BCUT2D eigenvalue weighted by Gasteiger charge is 2.18. The molecule has 0 aliphatic carbocycles. The summed E-state index contributed by atoms with van der Waals surface area (Å²) in [5, 5.41) is 4.38. The molecule has 0 amide bonds. The molecule has 1 fully saturated rings. The molecule has 1 aliphatic heterocycles. The zero-order valence-electron chi connectivity index (χ0n) is 9.64. The molecule has 0 aromatic carbocycles. The molecule has 0 radical (unpaired) electrons. The minimum absolute atomic E-state index is 0.319. The molecule has 1 saturated heterocycles. The van der Waals surface area contributed by atoms with Gasteiger partial charge in [-0.1, -0.05) is 5.16 Å². The normalized spacial score (nSPS) is 16.1. The summed E-state index contributed by atoms with van der Waals surface area (Å²) in [7, 11) is 1.57. The van der Waals surface area contributed by atoms with Crippen molar-refractivity contribution in [2.45, 2.75) is 13.0 Å². The molecule has 2 aromatic heterocycles. The van der Waals surface area contributed by atoms with Gasteiger partial charge in [0.25, 0.3) is 0 Å². The maximum absolute atomic E-state index is 5.71. The number of fused-ring (bicyclic) bond motifs is 1. The van der Waals surface area contributed by atoms with Gasteiger partial charge in [0.2, 0.25) is 5.88 Å². The molecule has 2 aromatic rings. The number of hydrogen-bond donors (Lipinski definition) is 1. The van der Waals surface area contributed by atoms with E-state index in [0.717, 1.165) is 25.3 Å². The van der Waals surface area contributed by atoms with Gasteiger partial charge >= 0.3 is 0 Å². The fourth-order valence-electron chi connectivity index (χ4n) is 2.00. The van der Waals surface area contributed by atoms with E-state index >= 15 is 0 Å². The topological polar surface area (TPSA) is 77.4 Å². The molecular weight excluding hydrogens is 220 g/mol. The third kappa shape index (κ3) is 1.70. The Labute approximate surface area is 98.3 Å². The highest BCUT2D eigenvalue weighted by atomic mass is 16.5. The van der Waals surface area contributed by atoms with Crippen molar-refractivity contribution in [2.24, 2.45) is 0 Å². The molecule has 6 nitrogen and oxygen atoms in total. The minimum Gasteiger partial charge on any atom is -0.480 e. The van der Waals surface area contributed by atoms with Crippen LogP contribution in [0.2, 0.25) is 0 Å². The van der Waals surface area contributed by atoms with Gasteiger partial charge in [-0.05, 0) is 19.5 Å². The second-order valence-electron chi connectivity index (χ2n) is 4.19. The zero-order valence-corrected chi connectivity index (χ0v) is 9.64. The molecule has 3 rings (SSSR count). The SMILES string of the molecule is COc1nc(CN2CCC2)cc2onc(N)c12. The van der Waals surface area contributed by atoms with E-state index in [0.29, 0.717) is 22.7 Å². The number of anilines is 1. The molecule has 0 atom stereocenters. The molecular formula is C11H14N4O2. The number of pyridine rings is 1. The zero-order chi connectivity index (χ0) is 11.8. The highest BCUT2D eigenvalue weighted by molar-refractivity contribution is 5.91. The van der Waals surface area contributed by atoms with Crippen LogP contribution >= 0.6 is 0 Å². The van der Waals surface area contributed by atoms with Crippen LogP contribution in [-0.4, -0.2) is 35.2 Å². The van der Waals surface area contributed by atoms with E-state index in [4.69, 9.17) is 15.0 Å². The van der Waals surface area contributed by atoms with Crippen LogP contribution in [0.1, 0.15) is 12.1 Å². The molecule has 0 bridgehead atoms. The van der Waals surface area contributed by atoms with E-state index in [-0.39, 0.29) is 0 Å². The Morgan fingerprint density at radius 3 is 3.00 bits per heavy atom. The largest absolute Gasteiger partial charge is 0.480 e. The Hall–Kier alpha value is -1.82. The van der Waals surface area contributed by atoms with Gasteiger partial charge in [-0.25, -0.2) is 4.98 Å². The average molecular weight is 234 g/mol. The van der Waals surface area contributed by atoms with Crippen molar-refractivity contribution in [3.63, 3.8) is 0 Å². The van der Waals surface area contributed by atoms with Crippen molar-refractivity contribution in [3.8, 4) is 5.88 Å². The lowest BCUT2D eigenvalue weighted by Gasteiger charge is -2.30. The molecule has 3 heterocycles. The Bertz CT molecular complexity index is 548. The van der Waals surface area contributed by atoms with Crippen LogP contribution < -0.4 is 10.5 Å². The van der Waals surface area contributed by atoms with Crippen LogP contribution in [0.15, 0.2) is 10.6 Å². The molecule has 17 heavy (non-hydrogen) atoms. The molecule has 6 heteroatoms. The van der Waals surface area contributed by atoms with Crippen molar-refractivity contribution in [1.29, 1.82) is 0 Å². The monoisotopic (exact) mass is 234 g/mol. The Morgan fingerprint density at radius 2 is 2.35 bits per heavy atom. The van der Waals surface area contributed by atoms with Crippen molar-refractivity contribution in [2.75, 3.05) is 25.9 Å². The third-order valence-electron chi connectivity index (χ3n) is 3.03. The predicted molar refractivity (Wildman–Crippen MR) is 62.7 cm³/mol. The smallest absolute Gasteiger partial charge is 0.228 e. The quantitative estimate of drug-likeness (QED) is 0.854. The lowest BCUT2D eigenvalue weighted by atomic mass is 10.2. The Morgan fingerprint density at radius 1 is 1.53 bits per heavy atom. The number of methoxy groups -OCH3 is 1. The van der Waals surface area contributed by atoms with Gasteiger partial charge in [-0.15, -0.1) is 0 Å². The summed E-state index contributed by atoms with van der Waals surface area (Å²) < 4.78 is 10.4. The molecule has 0 unspecified atom stereocenters. The predicted octanol–water partition coefficient (Wildman–Crippen LogP) is 1.02. The van der Waals surface area contributed by atoms with Gasteiger partial charge in [-0.2, -0.15) is 0 Å². The minimum atomic E-state index is 0.319. The summed E-state index contributed by atoms with van der Waals surface area (Å²) in [5.74, 6) is 0.802. The number of aromatic nitrogens is 2. The van der Waals surface area contributed by atoms with Crippen LogP contribution in [0.3, 0.4) is 0 Å². The fourth-order valence-corrected chi connectivity index (χ4v) is 2.00. The number of nitrogens with zero attached hydrogens (tertiary/aromatic N) is 3. The molecule has 2 N–H and O–H groups in total. The van der Waals surface area contributed by atoms with E-state index in [1.165, 1.54) is 6.42 Å². The summed E-state index contributed by atoms with van der Waals surface area (Å²) in [5.41, 5.74) is 7.26. The number of nitrogens with two attached hydrogens (primary N) is 1. The first kappa shape index (κ1) is 10.3. The van der Waals surface area contributed by atoms with Crippen LogP contribution in [-0.2, 0) is 6.54 Å².